The van der Waals surface area contributed by atoms with Gasteiger partial charge in [-0.15, -0.1) is 11.8 Å². The molecular weight excluding hydrogens is 248 g/mol. The molecule has 1 aliphatic carbocycles. The van der Waals surface area contributed by atoms with Crippen molar-refractivity contribution in [2.75, 3.05) is 5.75 Å². The fourth-order valence-corrected chi connectivity index (χ4v) is 5.30. The van der Waals surface area contributed by atoms with E-state index in [0.29, 0.717) is 0 Å². The Labute approximate surface area is 113 Å². The summed E-state index contributed by atoms with van der Waals surface area (Å²) in [6, 6.07) is 0. The molecule has 0 bridgehead atoms. The van der Waals surface area contributed by atoms with Crippen LogP contribution in [-0.4, -0.2) is 33.3 Å². The number of aliphatic carboxylic acids is 1. The highest BCUT2D eigenvalue weighted by molar-refractivity contribution is 8.01. The van der Waals surface area contributed by atoms with Crippen LogP contribution in [0.2, 0.25) is 0 Å². The molecule has 3 nitrogen and oxygen atoms in total. The van der Waals surface area contributed by atoms with E-state index in [-0.39, 0.29) is 11.7 Å². The van der Waals surface area contributed by atoms with Gasteiger partial charge >= 0.3 is 5.97 Å². The van der Waals surface area contributed by atoms with Crippen molar-refractivity contribution in [3.05, 3.63) is 0 Å². The van der Waals surface area contributed by atoms with E-state index >= 15 is 0 Å². The molecule has 0 aromatic carbocycles. The SMILES string of the molecule is O=C(O)C1(CC2CCC3(CCCC3)O2)CCCS1. The van der Waals surface area contributed by atoms with Crippen LogP contribution in [-0.2, 0) is 9.53 Å². The van der Waals surface area contributed by atoms with Crippen LogP contribution in [0.3, 0.4) is 0 Å². The largest absolute Gasteiger partial charge is 0.480 e. The highest BCUT2D eigenvalue weighted by atomic mass is 32.2. The smallest absolute Gasteiger partial charge is 0.319 e. The summed E-state index contributed by atoms with van der Waals surface area (Å²) in [4.78, 5) is 11.5. The number of ether oxygens (including phenoxy) is 1. The molecule has 3 aliphatic rings. The predicted molar refractivity (Wildman–Crippen MR) is 72.0 cm³/mol. The van der Waals surface area contributed by atoms with Crippen molar-refractivity contribution in [3.8, 4) is 0 Å². The van der Waals surface area contributed by atoms with Gasteiger partial charge in [0.2, 0.25) is 0 Å². The van der Waals surface area contributed by atoms with Crippen LogP contribution in [0.15, 0.2) is 0 Å². The summed E-state index contributed by atoms with van der Waals surface area (Å²) in [7, 11) is 0. The third kappa shape index (κ3) is 2.18. The van der Waals surface area contributed by atoms with Gasteiger partial charge in [0.1, 0.15) is 4.75 Å². The lowest BCUT2D eigenvalue weighted by molar-refractivity contribution is -0.141. The molecule has 0 aromatic heterocycles. The Morgan fingerprint density at radius 1 is 1.22 bits per heavy atom. The van der Waals surface area contributed by atoms with E-state index in [1.165, 1.54) is 25.7 Å². The zero-order chi connectivity index (χ0) is 12.6. The molecule has 102 valence electrons. The molecule has 0 radical (unpaired) electrons. The summed E-state index contributed by atoms with van der Waals surface area (Å²) >= 11 is 1.64. The normalized spacial score (nSPS) is 38.6. The van der Waals surface area contributed by atoms with Gasteiger partial charge in [0.15, 0.2) is 0 Å². The first-order valence-corrected chi connectivity index (χ1v) is 8.18. The molecular formula is C14H22O3S. The molecule has 0 aromatic rings. The first kappa shape index (κ1) is 12.8. The van der Waals surface area contributed by atoms with Gasteiger partial charge in [0, 0.05) is 0 Å². The summed E-state index contributed by atoms with van der Waals surface area (Å²) in [5.41, 5.74) is 0.133. The van der Waals surface area contributed by atoms with Gasteiger partial charge in [-0.1, -0.05) is 12.8 Å². The van der Waals surface area contributed by atoms with Crippen molar-refractivity contribution in [2.24, 2.45) is 0 Å². The van der Waals surface area contributed by atoms with E-state index in [4.69, 9.17) is 4.74 Å². The Morgan fingerprint density at radius 2 is 2.00 bits per heavy atom. The van der Waals surface area contributed by atoms with Crippen molar-refractivity contribution < 1.29 is 14.6 Å². The Balaban J connectivity index is 1.64. The first-order chi connectivity index (χ1) is 8.64. The molecule has 2 heterocycles. The van der Waals surface area contributed by atoms with Gasteiger partial charge in [-0.25, -0.2) is 0 Å². The minimum absolute atomic E-state index is 0.133. The second-order valence-corrected chi connectivity index (χ2v) is 7.60. The fraction of sp³-hybridized carbons (Fsp3) is 0.929. The topological polar surface area (TPSA) is 46.5 Å². The van der Waals surface area contributed by atoms with Crippen LogP contribution in [0, 0.1) is 0 Å². The number of rotatable bonds is 3. The Morgan fingerprint density at radius 3 is 2.61 bits per heavy atom. The lowest BCUT2D eigenvalue weighted by Crippen LogP contribution is -2.37. The summed E-state index contributed by atoms with van der Waals surface area (Å²) in [6.07, 6.45) is 9.92. The van der Waals surface area contributed by atoms with Crippen LogP contribution in [0.4, 0.5) is 0 Å². The predicted octanol–water partition coefficient (Wildman–Crippen LogP) is 3.22. The third-order valence-electron chi connectivity index (χ3n) is 4.90. The van der Waals surface area contributed by atoms with Gasteiger partial charge in [-0.2, -0.15) is 0 Å². The number of carbonyl (C=O) groups is 1. The average Bonchev–Trinajstić information content (AvgIpc) is 3.03. The Kier molecular flexibility index (Phi) is 3.35. The molecule has 1 spiro atoms. The molecule has 2 saturated heterocycles. The summed E-state index contributed by atoms with van der Waals surface area (Å²) in [5, 5.41) is 9.50. The molecule has 3 rings (SSSR count). The average molecular weight is 270 g/mol. The summed E-state index contributed by atoms with van der Waals surface area (Å²) in [5.74, 6) is 0.366. The summed E-state index contributed by atoms with van der Waals surface area (Å²) in [6.45, 7) is 0. The summed E-state index contributed by atoms with van der Waals surface area (Å²) < 4.78 is 5.72. The zero-order valence-electron chi connectivity index (χ0n) is 10.8. The highest BCUT2D eigenvalue weighted by Gasteiger charge is 2.49. The van der Waals surface area contributed by atoms with E-state index in [1.54, 1.807) is 11.8 Å². The number of carboxylic acid groups (broad SMARTS) is 1. The Bertz CT molecular complexity index is 330. The van der Waals surface area contributed by atoms with Crippen LogP contribution >= 0.6 is 11.8 Å². The van der Waals surface area contributed by atoms with E-state index < -0.39 is 10.7 Å². The second-order valence-electron chi connectivity index (χ2n) is 6.12. The number of hydrogen-bond acceptors (Lipinski definition) is 3. The van der Waals surface area contributed by atoms with Crippen LogP contribution < -0.4 is 0 Å². The van der Waals surface area contributed by atoms with Crippen molar-refractivity contribution in [2.45, 2.75) is 74.2 Å². The maximum atomic E-state index is 11.5. The van der Waals surface area contributed by atoms with Crippen molar-refractivity contribution >= 4 is 17.7 Å². The monoisotopic (exact) mass is 270 g/mol. The van der Waals surface area contributed by atoms with Crippen LogP contribution in [0.5, 0.6) is 0 Å². The second kappa shape index (κ2) is 4.71. The molecule has 1 saturated carbocycles. The molecule has 2 unspecified atom stereocenters. The molecule has 4 heteroatoms. The molecule has 2 aliphatic heterocycles. The van der Waals surface area contributed by atoms with E-state index in [1.807, 2.05) is 0 Å². The van der Waals surface area contributed by atoms with E-state index in [2.05, 4.69) is 0 Å². The maximum Gasteiger partial charge on any atom is 0.319 e. The van der Waals surface area contributed by atoms with Gasteiger partial charge in [0.25, 0.3) is 0 Å². The highest BCUT2D eigenvalue weighted by Crippen LogP contribution is 2.48. The van der Waals surface area contributed by atoms with Crippen LogP contribution in [0.1, 0.15) is 57.8 Å². The Hall–Kier alpha value is -0.220. The lowest BCUT2D eigenvalue weighted by atomic mass is 9.93. The molecule has 1 N–H and O–H groups in total. The molecule has 0 amide bonds. The number of thioether (sulfide) groups is 1. The van der Waals surface area contributed by atoms with Gasteiger partial charge in [-0.05, 0) is 50.7 Å². The van der Waals surface area contributed by atoms with Crippen LogP contribution in [0.25, 0.3) is 0 Å². The molecule has 3 fully saturated rings. The first-order valence-electron chi connectivity index (χ1n) is 7.19. The number of carboxylic acids is 1. The van der Waals surface area contributed by atoms with E-state index in [0.717, 1.165) is 37.9 Å². The third-order valence-corrected chi connectivity index (χ3v) is 6.49. The minimum Gasteiger partial charge on any atom is -0.480 e. The van der Waals surface area contributed by atoms with Gasteiger partial charge in [0.05, 0.1) is 11.7 Å². The van der Waals surface area contributed by atoms with E-state index in [9.17, 15) is 9.90 Å². The van der Waals surface area contributed by atoms with Gasteiger partial charge < -0.3 is 9.84 Å². The van der Waals surface area contributed by atoms with Crippen molar-refractivity contribution in [3.63, 3.8) is 0 Å². The van der Waals surface area contributed by atoms with Gasteiger partial charge in [-0.3, -0.25) is 4.79 Å². The molecule has 18 heavy (non-hydrogen) atoms. The number of hydrogen-bond donors (Lipinski definition) is 1. The van der Waals surface area contributed by atoms with Crippen molar-refractivity contribution in [1.82, 2.24) is 0 Å². The quantitative estimate of drug-likeness (QED) is 0.855. The lowest BCUT2D eigenvalue weighted by Gasteiger charge is -2.29. The molecule has 2 atom stereocenters. The zero-order valence-corrected chi connectivity index (χ0v) is 11.6. The van der Waals surface area contributed by atoms with Crippen molar-refractivity contribution in [1.29, 1.82) is 0 Å². The minimum atomic E-state index is -0.624. The standard InChI is InChI=1S/C14H22O3S/c15-12(16)14(7-3-9-18-14)10-11-4-8-13(17-11)5-1-2-6-13/h11H,1-10H2,(H,15,16). The maximum absolute atomic E-state index is 11.5. The fourth-order valence-electron chi connectivity index (χ4n) is 3.91.